The van der Waals surface area contributed by atoms with Gasteiger partial charge in [-0.3, -0.25) is 0 Å². The Morgan fingerprint density at radius 1 is 0.919 bits per heavy atom. The minimum atomic E-state index is -0.561. The van der Waals surface area contributed by atoms with E-state index < -0.39 is 5.97 Å². The van der Waals surface area contributed by atoms with E-state index in [1.165, 1.54) is 6.42 Å². The van der Waals surface area contributed by atoms with Gasteiger partial charge in [-0.25, -0.2) is 4.79 Å². The van der Waals surface area contributed by atoms with E-state index in [-0.39, 0.29) is 22.6 Å². The van der Waals surface area contributed by atoms with E-state index in [9.17, 15) is 9.90 Å². The second-order valence-electron chi connectivity index (χ2n) is 10.8. The van der Waals surface area contributed by atoms with E-state index in [1.807, 2.05) is 54.6 Å². The van der Waals surface area contributed by atoms with Crippen LogP contribution in [0.1, 0.15) is 67.6 Å². The molecule has 0 saturated heterocycles. The minimum Gasteiger partial charge on any atom is -0.506 e. The zero-order valence-electron chi connectivity index (χ0n) is 21.5. The fraction of sp³-hybridized carbons (Fsp3) is 0.242. The first kappa shape index (κ1) is 23.4. The van der Waals surface area contributed by atoms with Gasteiger partial charge >= 0.3 is 5.97 Å². The molecule has 4 heteroatoms. The Kier molecular flexibility index (Phi) is 5.56. The Hall–Kier alpha value is -4.05. The number of esters is 1. The number of nitrogens with one attached hydrogen (secondary N) is 1. The van der Waals surface area contributed by atoms with Crippen molar-refractivity contribution in [3.8, 4) is 22.6 Å². The number of benzene rings is 4. The van der Waals surface area contributed by atoms with E-state index >= 15 is 0 Å². The summed E-state index contributed by atoms with van der Waals surface area (Å²) < 4.78 is 5.91. The van der Waals surface area contributed by atoms with Crippen LogP contribution < -0.4 is 4.74 Å². The first-order valence-corrected chi connectivity index (χ1v) is 13.0. The first-order valence-electron chi connectivity index (χ1n) is 13.0. The lowest BCUT2D eigenvalue weighted by molar-refractivity contribution is 0.0730. The molecule has 37 heavy (non-hydrogen) atoms. The van der Waals surface area contributed by atoms with E-state index in [4.69, 9.17) is 4.74 Å². The summed E-state index contributed by atoms with van der Waals surface area (Å²) in [7, 11) is 0. The van der Waals surface area contributed by atoms with E-state index in [1.54, 1.807) is 12.1 Å². The Labute approximate surface area is 216 Å². The van der Waals surface area contributed by atoms with Gasteiger partial charge in [-0.1, -0.05) is 87.9 Å². The molecule has 0 amide bonds. The summed E-state index contributed by atoms with van der Waals surface area (Å²) in [4.78, 5) is 17.3. The van der Waals surface area contributed by atoms with Gasteiger partial charge in [0.2, 0.25) is 0 Å². The lowest BCUT2D eigenvalue weighted by atomic mass is 9.66. The third kappa shape index (κ3) is 3.79. The van der Waals surface area contributed by atoms with Gasteiger partial charge in [0.15, 0.2) is 0 Å². The van der Waals surface area contributed by atoms with Crippen LogP contribution in [0.15, 0.2) is 78.9 Å². The minimum absolute atomic E-state index is 0.00534. The first-order chi connectivity index (χ1) is 17.9. The van der Waals surface area contributed by atoms with Crippen LogP contribution in [0.3, 0.4) is 0 Å². The standard InChI is InChI=1S/C33H31NO3/c1-20(2)22-12-7-9-16-27(22)37-32(36)25-19-21-11-4-5-13-23(21)28(30(25)35)29-24-14-6-8-15-26(24)34-31(29)33(3)17-10-18-33/h4-9,11-16,19-20,34-35H,10,17-18H2,1-3H3. The van der Waals surface area contributed by atoms with Crippen molar-refractivity contribution < 1.29 is 14.6 Å². The second kappa shape index (κ2) is 8.81. The van der Waals surface area contributed by atoms with Gasteiger partial charge in [0, 0.05) is 33.1 Å². The number of H-pyrrole nitrogens is 1. The number of aromatic hydroxyl groups is 1. The Morgan fingerprint density at radius 3 is 2.32 bits per heavy atom. The molecule has 5 aromatic rings. The third-order valence-corrected chi connectivity index (χ3v) is 8.00. The number of rotatable bonds is 5. The van der Waals surface area contributed by atoms with Crippen LogP contribution in [0.25, 0.3) is 32.8 Å². The van der Waals surface area contributed by atoms with Crippen molar-refractivity contribution in [3.05, 3.63) is 95.7 Å². The maximum Gasteiger partial charge on any atom is 0.347 e. The summed E-state index contributed by atoms with van der Waals surface area (Å²) in [6.45, 7) is 6.42. The number of phenols is 1. The number of carbonyl (C=O) groups excluding carboxylic acids is 1. The molecule has 0 bridgehead atoms. The highest BCUT2D eigenvalue weighted by molar-refractivity contribution is 6.13. The lowest BCUT2D eigenvalue weighted by Crippen LogP contribution is -2.31. The van der Waals surface area contributed by atoms with Crippen LogP contribution in [0, 0.1) is 0 Å². The van der Waals surface area contributed by atoms with Crippen molar-refractivity contribution in [1.29, 1.82) is 0 Å². The normalized spacial score (nSPS) is 14.7. The summed E-state index contributed by atoms with van der Waals surface area (Å²) >= 11 is 0. The summed E-state index contributed by atoms with van der Waals surface area (Å²) in [5, 5.41) is 14.6. The molecule has 0 radical (unpaired) electrons. The monoisotopic (exact) mass is 489 g/mol. The van der Waals surface area contributed by atoms with Crippen molar-refractivity contribution in [2.75, 3.05) is 0 Å². The largest absolute Gasteiger partial charge is 0.506 e. The van der Waals surface area contributed by atoms with Crippen molar-refractivity contribution in [2.45, 2.75) is 51.4 Å². The Morgan fingerprint density at radius 2 is 1.59 bits per heavy atom. The lowest BCUT2D eigenvalue weighted by Gasteiger charge is -2.39. The van der Waals surface area contributed by atoms with Crippen LogP contribution in [0.2, 0.25) is 0 Å². The zero-order chi connectivity index (χ0) is 25.7. The molecule has 1 aromatic heterocycles. The molecule has 4 nitrogen and oxygen atoms in total. The number of carbonyl (C=O) groups is 1. The molecule has 1 saturated carbocycles. The molecule has 0 unspecified atom stereocenters. The summed E-state index contributed by atoms with van der Waals surface area (Å²) in [5.41, 5.74) is 4.93. The number of aromatic amines is 1. The van der Waals surface area contributed by atoms with Gasteiger partial charge in [-0.15, -0.1) is 0 Å². The molecule has 1 heterocycles. The van der Waals surface area contributed by atoms with Crippen LogP contribution >= 0.6 is 0 Å². The van der Waals surface area contributed by atoms with Gasteiger partial charge in [0.1, 0.15) is 17.1 Å². The van der Waals surface area contributed by atoms with Gasteiger partial charge in [0.05, 0.1) is 0 Å². The topological polar surface area (TPSA) is 62.3 Å². The Bertz CT molecular complexity index is 1660. The molecule has 0 atom stereocenters. The number of aromatic nitrogens is 1. The fourth-order valence-electron chi connectivity index (χ4n) is 5.76. The maximum absolute atomic E-state index is 13.6. The summed E-state index contributed by atoms with van der Waals surface area (Å²) in [5.74, 6) is 0.113. The molecular weight excluding hydrogens is 458 g/mol. The van der Waals surface area contributed by atoms with Crippen LogP contribution in [-0.4, -0.2) is 16.1 Å². The average Bonchev–Trinajstić information content (AvgIpc) is 3.26. The number of para-hydroxylation sites is 2. The van der Waals surface area contributed by atoms with Crippen molar-refractivity contribution >= 4 is 27.6 Å². The molecular formula is C33H31NO3. The molecule has 0 aliphatic heterocycles. The Balaban J connectivity index is 1.59. The quantitative estimate of drug-likeness (QED) is 0.192. The summed E-state index contributed by atoms with van der Waals surface area (Å²) in [6, 6.07) is 25.5. The predicted octanol–water partition coefficient (Wildman–Crippen LogP) is 8.48. The molecule has 6 rings (SSSR count). The van der Waals surface area contributed by atoms with Crippen molar-refractivity contribution in [1.82, 2.24) is 4.98 Å². The number of fused-ring (bicyclic) bond motifs is 2. The average molecular weight is 490 g/mol. The van der Waals surface area contributed by atoms with Gasteiger partial charge in [-0.2, -0.15) is 0 Å². The van der Waals surface area contributed by atoms with E-state index in [0.717, 1.165) is 51.3 Å². The number of phenolic OH excluding ortho intramolecular Hbond substituents is 1. The molecule has 1 aliphatic carbocycles. The number of ether oxygens (including phenoxy) is 1. The SMILES string of the molecule is CC(C)c1ccccc1OC(=O)c1cc2ccccc2c(-c2c(C3(C)CCC3)[nH]c3ccccc23)c1O. The van der Waals surface area contributed by atoms with Crippen LogP contribution in [0.4, 0.5) is 0 Å². The molecule has 186 valence electrons. The predicted molar refractivity (Wildman–Crippen MR) is 150 cm³/mol. The van der Waals surface area contributed by atoms with Crippen LogP contribution in [0.5, 0.6) is 11.5 Å². The molecule has 1 aliphatic rings. The fourth-order valence-corrected chi connectivity index (χ4v) is 5.76. The zero-order valence-corrected chi connectivity index (χ0v) is 21.5. The van der Waals surface area contributed by atoms with Gasteiger partial charge in [-0.05, 0) is 53.3 Å². The number of hydrogen-bond donors (Lipinski definition) is 2. The summed E-state index contributed by atoms with van der Waals surface area (Å²) in [6.07, 6.45) is 3.35. The van der Waals surface area contributed by atoms with Crippen molar-refractivity contribution in [2.24, 2.45) is 0 Å². The van der Waals surface area contributed by atoms with Gasteiger partial charge in [0.25, 0.3) is 0 Å². The highest BCUT2D eigenvalue weighted by Gasteiger charge is 2.39. The smallest absolute Gasteiger partial charge is 0.347 e. The highest BCUT2D eigenvalue weighted by Crippen LogP contribution is 2.52. The molecule has 0 spiro atoms. The second-order valence-corrected chi connectivity index (χ2v) is 10.8. The maximum atomic E-state index is 13.6. The molecule has 1 fully saturated rings. The molecule has 2 N–H and O–H groups in total. The van der Waals surface area contributed by atoms with Gasteiger partial charge < -0.3 is 14.8 Å². The van der Waals surface area contributed by atoms with Crippen molar-refractivity contribution in [3.63, 3.8) is 0 Å². The number of hydrogen-bond acceptors (Lipinski definition) is 3. The van der Waals surface area contributed by atoms with E-state index in [0.29, 0.717) is 11.3 Å². The molecule has 4 aromatic carbocycles. The van der Waals surface area contributed by atoms with E-state index in [2.05, 4.69) is 37.9 Å². The highest BCUT2D eigenvalue weighted by atomic mass is 16.5. The third-order valence-electron chi connectivity index (χ3n) is 8.00. The van der Waals surface area contributed by atoms with Crippen LogP contribution in [-0.2, 0) is 5.41 Å².